The Kier molecular flexibility index (Phi) is 2.88. The van der Waals surface area contributed by atoms with Crippen molar-refractivity contribution in [2.24, 2.45) is 0 Å². The highest BCUT2D eigenvalue weighted by atomic mass is 15.2. The van der Waals surface area contributed by atoms with Crippen LogP contribution in [0.3, 0.4) is 0 Å². The average molecular weight is 267 g/mol. The average Bonchev–Trinajstić information content (AvgIpc) is 3.37. The van der Waals surface area contributed by atoms with E-state index >= 15 is 0 Å². The van der Waals surface area contributed by atoms with Crippen molar-refractivity contribution in [1.29, 1.82) is 0 Å². The molecule has 3 heteroatoms. The van der Waals surface area contributed by atoms with Gasteiger partial charge in [-0.25, -0.2) is 0 Å². The Morgan fingerprint density at radius 1 is 1.20 bits per heavy atom. The summed E-state index contributed by atoms with van der Waals surface area (Å²) in [5.74, 6) is 0. The third-order valence-corrected chi connectivity index (χ3v) is 4.37. The van der Waals surface area contributed by atoms with Crippen molar-refractivity contribution >= 4 is 16.6 Å². The first-order valence-electron chi connectivity index (χ1n) is 7.66. The van der Waals surface area contributed by atoms with E-state index in [4.69, 9.17) is 4.98 Å². The Bertz CT molecular complexity index is 629. The summed E-state index contributed by atoms with van der Waals surface area (Å²) in [6.07, 6.45) is 5.29. The molecule has 0 amide bonds. The van der Waals surface area contributed by atoms with Crippen LogP contribution in [0.1, 0.15) is 31.4 Å². The molecule has 0 aliphatic heterocycles. The van der Waals surface area contributed by atoms with Crippen LogP contribution >= 0.6 is 0 Å². The van der Waals surface area contributed by atoms with E-state index in [2.05, 4.69) is 47.6 Å². The van der Waals surface area contributed by atoms with Crippen molar-refractivity contribution in [3.05, 3.63) is 36.0 Å². The molecule has 2 saturated carbocycles. The maximum Gasteiger partial charge on any atom is 0.0726 e. The number of hydrogen-bond acceptors (Lipinski definition) is 3. The van der Waals surface area contributed by atoms with Crippen LogP contribution in [0.4, 0.5) is 5.69 Å². The van der Waals surface area contributed by atoms with Gasteiger partial charge in [0, 0.05) is 36.7 Å². The first-order valence-corrected chi connectivity index (χ1v) is 7.66. The summed E-state index contributed by atoms with van der Waals surface area (Å²) >= 11 is 0. The normalized spacial score (nSPS) is 18.4. The second-order valence-electron chi connectivity index (χ2n) is 6.15. The number of rotatable bonds is 5. The quantitative estimate of drug-likeness (QED) is 0.902. The highest BCUT2D eigenvalue weighted by molar-refractivity contribution is 5.92. The second kappa shape index (κ2) is 4.74. The van der Waals surface area contributed by atoms with E-state index in [1.165, 1.54) is 36.8 Å². The molecule has 1 aromatic carbocycles. The van der Waals surface area contributed by atoms with Crippen molar-refractivity contribution in [2.45, 2.75) is 44.3 Å². The molecule has 2 aliphatic carbocycles. The van der Waals surface area contributed by atoms with Gasteiger partial charge in [-0.1, -0.05) is 18.2 Å². The summed E-state index contributed by atoms with van der Waals surface area (Å²) in [6, 6.07) is 12.2. The molecule has 4 rings (SSSR count). The summed E-state index contributed by atoms with van der Waals surface area (Å²) < 4.78 is 0. The lowest BCUT2D eigenvalue weighted by atomic mass is 10.1. The highest BCUT2D eigenvalue weighted by Gasteiger charge is 2.28. The third kappa shape index (κ3) is 2.38. The Labute approximate surface area is 120 Å². The molecule has 2 aromatic rings. The topological polar surface area (TPSA) is 28.2 Å². The van der Waals surface area contributed by atoms with Crippen LogP contribution in [-0.4, -0.2) is 24.1 Å². The Morgan fingerprint density at radius 3 is 2.75 bits per heavy atom. The van der Waals surface area contributed by atoms with E-state index in [9.17, 15) is 0 Å². The fourth-order valence-electron chi connectivity index (χ4n) is 2.79. The van der Waals surface area contributed by atoms with Crippen molar-refractivity contribution in [1.82, 2.24) is 10.3 Å². The van der Waals surface area contributed by atoms with E-state index in [1.54, 1.807) is 0 Å². The Morgan fingerprint density at radius 2 is 2.00 bits per heavy atom. The summed E-state index contributed by atoms with van der Waals surface area (Å²) in [5.41, 5.74) is 3.62. The molecule has 1 N–H and O–H groups in total. The van der Waals surface area contributed by atoms with E-state index in [1.807, 2.05) is 0 Å². The van der Waals surface area contributed by atoms with Gasteiger partial charge in [0.25, 0.3) is 0 Å². The fourth-order valence-corrected chi connectivity index (χ4v) is 2.79. The zero-order valence-corrected chi connectivity index (χ0v) is 12.0. The van der Waals surface area contributed by atoms with Crippen LogP contribution in [0.5, 0.6) is 0 Å². The van der Waals surface area contributed by atoms with Gasteiger partial charge < -0.3 is 10.2 Å². The number of aromatic nitrogens is 1. The molecule has 1 aromatic heterocycles. The highest BCUT2D eigenvalue weighted by Crippen LogP contribution is 2.34. The van der Waals surface area contributed by atoms with Crippen LogP contribution in [-0.2, 0) is 6.54 Å². The van der Waals surface area contributed by atoms with Gasteiger partial charge in [-0.2, -0.15) is 0 Å². The van der Waals surface area contributed by atoms with Gasteiger partial charge in [0.1, 0.15) is 0 Å². The van der Waals surface area contributed by atoms with Crippen LogP contribution in [0, 0.1) is 0 Å². The number of fused-ring (bicyclic) bond motifs is 1. The molecule has 0 bridgehead atoms. The van der Waals surface area contributed by atoms with Gasteiger partial charge in [-0.3, -0.25) is 4.98 Å². The van der Waals surface area contributed by atoms with E-state index in [0.29, 0.717) is 0 Å². The minimum Gasteiger partial charge on any atom is -0.371 e. The molecule has 20 heavy (non-hydrogen) atoms. The zero-order valence-electron chi connectivity index (χ0n) is 12.0. The lowest BCUT2D eigenvalue weighted by Crippen LogP contribution is -2.21. The van der Waals surface area contributed by atoms with Crippen LogP contribution < -0.4 is 10.2 Å². The lowest BCUT2D eigenvalue weighted by Gasteiger charge is -2.21. The van der Waals surface area contributed by atoms with Crippen molar-refractivity contribution in [2.75, 3.05) is 11.9 Å². The fraction of sp³-hybridized carbons (Fsp3) is 0.471. The monoisotopic (exact) mass is 267 g/mol. The van der Waals surface area contributed by atoms with Crippen molar-refractivity contribution in [3.8, 4) is 0 Å². The first kappa shape index (κ1) is 12.2. The first-order chi connectivity index (χ1) is 9.81. The zero-order chi connectivity index (χ0) is 13.5. The van der Waals surface area contributed by atoms with Crippen molar-refractivity contribution < 1.29 is 0 Å². The summed E-state index contributed by atoms with van der Waals surface area (Å²) in [5, 5.41) is 4.84. The van der Waals surface area contributed by atoms with Crippen molar-refractivity contribution in [3.63, 3.8) is 0 Å². The van der Waals surface area contributed by atoms with Gasteiger partial charge in [0.05, 0.1) is 11.2 Å². The maximum absolute atomic E-state index is 4.81. The number of pyridine rings is 1. The number of para-hydroxylation sites is 1. The van der Waals surface area contributed by atoms with Gasteiger partial charge in [0.15, 0.2) is 0 Å². The van der Waals surface area contributed by atoms with Crippen LogP contribution in [0.15, 0.2) is 30.3 Å². The number of benzene rings is 1. The van der Waals surface area contributed by atoms with Gasteiger partial charge in [-0.05, 0) is 37.8 Å². The summed E-state index contributed by atoms with van der Waals surface area (Å²) in [7, 11) is 2.22. The number of nitrogens with zero attached hydrogens (tertiary/aromatic N) is 2. The van der Waals surface area contributed by atoms with E-state index < -0.39 is 0 Å². The standard InChI is InChI=1S/C17H21N3/c1-20(14-8-9-14)17-10-13(11-18-12-6-7-12)19-16-5-3-2-4-15(16)17/h2-5,10,12,14,18H,6-9,11H2,1H3. The second-order valence-corrected chi connectivity index (χ2v) is 6.15. The van der Waals surface area contributed by atoms with E-state index in [0.717, 1.165) is 29.8 Å². The Balaban J connectivity index is 1.72. The number of anilines is 1. The molecule has 104 valence electrons. The predicted molar refractivity (Wildman–Crippen MR) is 83.0 cm³/mol. The lowest BCUT2D eigenvalue weighted by molar-refractivity contribution is 0.676. The number of nitrogens with one attached hydrogen (secondary N) is 1. The van der Waals surface area contributed by atoms with Crippen LogP contribution in [0.2, 0.25) is 0 Å². The number of hydrogen-bond donors (Lipinski definition) is 1. The predicted octanol–water partition coefficient (Wildman–Crippen LogP) is 3.09. The molecule has 2 fully saturated rings. The molecular formula is C17H21N3. The smallest absolute Gasteiger partial charge is 0.0726 e. The summed E-state index contributed by atoms with van der Waals surface area (Å²) in [4.78, 5) is 7.24. The molecule has 0 spiro atoms. The minimum absolute atomic E-state index is 0.727. The van der Waals surface area contributed by atoms with Crippen LogP contribution in [0.25, 0.3) is 10.9 Å². The molecule has 1 heterocycles. The largest absolute Gasteiger partial charge is 0.371 e. The van der Waals surface area contributed by atoms with Gasteiger partial charge >= 0.3 is 0 Å². The SMILES string of the molecule is CN(c1cc(CNC2CC2)nc2ccccc12)C1CC1. The van der Waals surface area contributed by atoms with E-state index in [-0.39, 0.29) is 0 Å². The third-order valence-electron chi connectivity index (χ3n) is 4.37. The van der Waals surface area contributed by atoms with Gasteiger partial charge in [0.2, 0.25) is 0 Å². The molecule has 0 saturated heterocycles. The molecule has 0 unspecified atom stereocenters. The maximum atomic E-state index is 4.81. The van der Waals surface area contributed by atoms with Gasteiger partial charge in [-0.15, -0.1) is 0 Å². The molecule has 3 nitrogen and oxygen atoms in total. The summed E-state index contributed by atoms with van der Waals surface area (Å²) in [6.45, 7) is 0.890. The molecule has 0 atom stereocenters. The molecule has 2 aliphatic rings. The minimum atomic E-state index is 0.727. The molecular weight excluding hydrogens is 246 g/mol. The Hall–Kier alpha value is -1.61. The molecule has 0 radical (unpaired) electrons.